The van der Waals surface area contributed by atoms with E-state index in [0.29, 0.717) is 6.42 Å². The van der Waals surface area contributed by atoms with Gasteiger partial charge < -0.3 is 16.6 Å². The first-order valence-corrected chi connectivity index (χ1v) is 5.31. The molecule has 2 atom stereocenters. The van der Waals surface area contributed by atoms with Crippen molar-refractivity contribution in [1.82, 2.24) is 0 Å². The van der Waals surface area contributed by atoms with Gasteiger partial charge in [-0.15, -0.1) is 0 Å². The van der Waals surface area contributed by atoms with Gasteiger partial charge in [-0.05, 0) is 12.0 Å². The van der Waals surface area contributed by atoms with Gasteiger partial charge in [-0.25, -0.2) is 0 Å². The van der Waals surface area contributed by atoms with Gasteiger partial charge in [-0.1, -0.05) is 30.3 Å². The second-order valence-corrected chi connectivity index (χ2v) is 3.91. The van der Waals surface area contributed by atoms with Crippen LogP contribution in [0.4, 0.5) is 0 Å². The third-order valence-electron chi connectivity index (χ3n) is 2.45. The van der Waals surface area contributed by atoms with Crippen LogP contribution in [-0.2, 0) is 16.0 Å². The summed E-state index contributed by atoms with van der Waals surface area (Å²) in [7, 11) is 0. The summed E-state index contributed by atoms with van der Waals surface area (Å²) < 4.78 is 0. The van der Waals surface area contributed by atoms with Crippen molar-refractivity contribution >= 4 is 11.8 Å². The first-order chi connectivity index (χ1) is 8.00. The van der Waals surface area contributed by atoms with Gasteiger partial charge in [0.05, 0.1) is 6.04 Å². The number of carboxylic acids is 1. The van der Waals surface area contributed by atoms with E-state index < -0.39 is 18.1 Å². The van der Waals surface area contributed by atoms with Gasteiger partial charge in [0, 0.05) is 6.42 Å². The largest absolute Gasteiger partial charge is 0.480 e. The van der Waals surface area contributed by atoms with Gasteiger partial charge in [0.1, 0.15) is 6.04 Å². The van der Waals surface area contributed by atoms with Crippen molar-refractivity contribution in [2.45, 2.75) is 24.9 Å². The fourth-order valence-corrected chi connectivity index (χ4v) is 1.44. The van der Waals surface area contributed by atoms with Crippen molar-refractivity contribution in [3.63, 3.8) is 0 Å². The van der Waals surface area contributed by atoms with E-state index >= 15 is 0 Å². The lowest BCUT2D eigenvalue weighted by Crippen LogP contribution is -2.40. The molecule has 1 aromatic carbocycles. The molecule has 0 aliphatic rings. The molecule has 0 saturated carbocycles. The number of hydrogen-bond donors (Lipinski definition) is 3. The molecule has 5 nitrogen and oxygen atoms in total. The van der Waals surface area contributed by atoms with E-state index in [-0.39, 0.29) is 12.2 Å². The third kappa shape index (κ3) is 4.34. The Kier molecular flexibility index (Phi) is 4.81. The maximum atomic E-state index is 11.6. The standard InChI is InChI=1S/C12H16N2O3/c13-9(6-8-4-2-1-3-5-8)11(15)7-10(14)12(16)17/h1-5,9-10H,6-7,13-14H2,(H,16,17)/t9?,10-/m0/s1. The molecule has 0 spiro atoms. The lowest BCUT2D eigenvalue weighted by atomic mass is 9.99. The summed E-state index contributed by atoms with van der Waals surface area (Å²) in [5.41, 5.74) is 11.9. The van der Waals surface area contributed by atoms with Crippen molar-refractivity contribution in [3.8, 4) is 0 Å². The lowest BCUT2D eigenvalue weighted by Gasteiger charge is -2.12. The predicted molar refractivity (Wildman–Crippen MR) is 63.4 cm³/mol. The van der Waals surface area contributed by atoms with Gasteiger partial charge in [-0.2, -0.15) is 0 Å². The van der Waals surface area contributed by atoms with E-state index in [1.165, 1.54) is 0 Å². The molecule has 0 saturated heterocycles. The summed E-state index contributed by atoms with van der Waals surface area (Å²) in [5.74, 6) is -1.52. The number of carbonyl (C=O) groups is 2. The number of aliphatic carboxylic acids is 1. The molecular weight excluding hydrogens is 220 g/mol. The van der Waals surface area contributed by atoms with E-state index in [1.807, 2.05) is 30.3 Å². The van der Waals surface area contributed by atoms with E-state index in [9.17, 15) is 9.59 Å². The quantitative estimate of drug-likeness (QED) is 0.641. The molecule has 0 aliphatic carbocycles. The maximum absolute atomic E-state index is 11.6. The normalized spacial score (nSPS) is 14.0. The van der Waals surface area contributed by atoms with Crippen LogP contribution in [0, 0.1) is 0 Å². The fraction of sp³-hybridized carbons (Fsp3) is 0.333. The van der Waals surface area contributed by atoms with E-state index in [4.69, 9.17) is 16.6 Å². The minimum Gasteiger partial charge on any atom is -0.480 e. The molecule has 1 rings (SSSR count). The van der Waals surface area contributed by atoms with Crippen LogP contribution in [0.3, 0.4) is 0 Å². The molecule has 5 heteroatoms. The lowest BCUT2D eigenvalue weighted by molar-refractivity contribution is -0.140. The summed E-state index contributed by atoms with van der Waals surface area (Å²) in [5, 5.41) is 8.58. The zero-order valence-corrected chi connectivity index (χ0v) is 9.37. The minimum absolute atomic E-state index is 0.233. The van der Waals surface area contributed by atoms with Crippen LogP contribution in [0.1, 0.15) is 12.0 Å². The highest BCUT2D eigenvalue weighted by atomic mass is 16.4. The van der Waals surface area contributed by atoms with Gasteiger partial charge in [-0.3, -0.25) is 9.59 Å². The van der Waals surface area contributed by atoms with Crippen LogP contribution in [0.25, 0.3) is 0 Å². The van der Waals surface area contributed by atoms with Crippen LogP contribution in [0.15, 0.2) is 30.3 Å². The van der Waals surface area contributed by atoms with E-state index in [0.717, 1.165) is 5.56 Å². The van der Waals surface area contributed by atoms with Crippen LogP contribution < -0.4 is 11.5 Å². The minimum atomic E-state index is -1.19. The summed E-state index contributed by atoms with van der Waals surface area (Å²) >= 11 is 0. The second-order valence-electron chi connectivity index (χ2n) is 3.91. The van der Waals surface area contributed by atoms with Gasteiger partial charge >= 0.3 is 5.97 Å². The van der Waals surface area contributed by atoms with Gasteiger partial charge in [0.2, 0.25) is 0 Å². The average Bonchev–Trinajstić information content (AvgIpc) is 2.29. The third-order valence-corrected chi connectivity index (χ3v) is 2.45. The number of nitrogens with two attached hydrogens (primary N) is 2. The molecule has 1 aromatic rings. The molecule has 0 aliphatic heterocycles. The van der Waals surface area contributed by atoms with Gasteiger partial charge in [0.15, 0.2) is 5.78 Å². The monoisotopic (exact) mass is 236 g/mol. The SMILES string of the molecule is NC(Cc1ccccc1)C(=O)C[C@H](N)C(=O)O. The molecule has 92 valence electrons. The first kappa shape index (κ1) is 13.3. The van der Waals surface area contributed by atoms with Crippen LogP contribution in [0.2, 0.25) is 0 Å². The zero-order valence-electron chi connectivity index (χ0n) is 9.37. The highest BCUT2D eigenvalue weighted by Crippen LogP contribution is 2.04. The van der Waals surface area contributed by atoms with E-state index in [1.54, 1.807) is 0 Å². The molecule has 0 aromatic heterocycles. The maximum Gasteiger partial charge on any atom is 0.320 e. The van der Waals surface area contributed by atoms with Crippen molar-refractivity contribution < 1.29 is 14.7 Å². The molecule has 0 bridgehead atoms. The Morgan fingerprint density at radius 3 is 2.24 bits per heavy atom. The Labute approximate surface area is 99.4 Å². The summed E-state index contributed by atoms with van der Waals surface area (Å²) in [6, 6.07) is 7.43. The highest BCUT2D eigenvalue weighted by molar-refractivity contribution is 5.89. The van der Waals surface area contributed by atoms with Crippen molar-refractivity contribution in [2.75, 3.05) is 0 Å². The Balaban J connectivity index is 2.50. The van der Waals surface area contributed by atoms with Crippen molar-refractivity contribution in [2.24, 2.45) is 11.5 Å². The molecule has 17 heavy (non-hydrogen) atoms. The fourth-order valence-electron chi connectivity index (χ4n) is 1.44. The molecule has 1 unspecified atom stereocenters. The Bertz CT molecular complexity index is 392. The number of hydrogen-bond acceptors (Lipinski definition) is 4. The van der Waals surface area contributed by atoms with Crippen molar-refractivity contribution in [1.29, 1.82) is 0 Å². The molecule has 0 fully saturated rings. The Morgan fingerprint density at radius 1 is 1.12 bits per heavy atom. The number of ketones is 1. The zero-order chi connectivity index (χ0) is 12.8. The molecule has 0 radical (unpaired) electrons. The summed E-state index contributed by atoms with van der Waals surface area (Å²) in [6.45, 7) is 0. The predicted octanol–water partition coefficient (Wildman–Crippen LogP) is -0.0725. The number of Topliss-reactive ketones (excluding diaryl/α,β-unsaturated/α-hetero) is 1. The number of benzene rings is 1. The van der Waals surface area contributed by atoms with E-state index in [2.05, 4.69) is 0 Å². The molecule has 5 N–H and O–H groups in total. The Morgan fingerprint density at radius 2 is 1.71 bits per heavy atom. The number of rotatable bonds is 6. The topological polar surface area (TPSA) is 106 Å². The van der Waals surface area contributed by atoms with Crippen LogP contribution >= 0.6 is 0 Å². The van der Waals surface area contributed by atoms with Crippen LogP contribution in [-0.4, -0.2) is 28.9 Å². The second kappa shape index (κ2) is 6.12. The number of carbonyl (C=O) groups excluding carboxylic acids is 1. The smallest absolute Gasteiger partial charge is 0.320 e. The number of carboxylic acid groups (broad SMARTS) is 1. The first-order valence-electron chi connectivity index (χ1n) is 5.31. The molecular formula is C12H16N2O3. The highest BCUT2D eigenvalue weighted by Gasteiger charge is 2.21. The average molecular weight is 236 g/mol. The summed E-state index contributed by atoms with van der Waals surface area (Å²) in [4.78, 5) is 22.1. The van der Waals surface area contributed by atoms with Gasteiger partial charge in [0.25, 0.3) is 0 Å². The van der Waals surface area contributed by atoms with Crippen LogP contribution in [0.5, 0.6) is 0 Å². The molecule has 0 amide bonds. The Hall–Kier alpha value is -1.72. The molecule has 0 heterocycles. The van der Waals surface area contributed by atoms with Crippen molar-refractivity contribution in [3.05, 3.63) is 35.9 Å². The summed E-state index contributed by atoms with van der Waals surface area (Å²) in [6.07, 6.45) is 0.162.